The molecule has 0 saturated carbocycles. The zero-order chi connectivity index (χ0) is 12.6. The van der Waals surface area contributed by atoms with Crippen LogP contribution in [0.25, 0.3) is 0 Å². The number of hydrogen-bond donors (Lipinski definition) is 0. The summed E-state index contributed by atoms with van der Waals surface area (Å²) >= 11 is 0. The first kappa shape index (κ1) is 14.9. The lowest BCUT2D eigenvalue weighted by Crippen LogP contribution is -2.42. The van der Waals surface area contributed by atoms with Crippen molar-refractivity contribution >= 4 is 8.80 Å². The predicted molar refractivity (Wildman–Crippen MR) is 71.9 cm³/mol. The second-order valence-electron chi connectivity index (χ2n) is 4.69. The molecule has 17 heavy (non-hydrogen) atoms. The van der Waals surface area contributed by atoms with Gasteiger partial charge < -0.3 is 13.3 Å². The van der Waals surface area contributed by atoms with Crippen LogP contribution in [0.4, 0.5) is 0 Å². The predicted octanol–water partition coefficient (Wildman–Crippen LogP) is 3.39. The standard InChI is InChI=1S/C13H26O3Si/c1-14-17(15-2,16-3)12-8-7-11-13-9-5-4-6-10-13/h4-5,13H,6-12H2,1-3H3. The molecule has 0 saturated heterocycles. The molecular weight excluding hydrogens is 232 g/mol. The fraction of sp³-hybridized carbons (Fsp3) is 0.846. The van der Waals surface area contributed by atoms with Crippen LogP contribution in [-0.2, 0) is 13.3 Å². The van der Waals surface area contributed by atoms with Crippen molar-refractivity contribution in [1.82, 2.24) is 0 Å². The molecule has 0 amide bonds. The first-order chi connectivity index (χ1) is 8.26. The van der Waals surface area contributed by atoms with Crippen LogP contribution in [0.1, 0.15) is 38.5 Å². The van der Waals surface area contributed by atoms with Crippen molar-refractivity contribution in [3.8, 4) is 0 Å². The molecule has 1 aliphatic carbocycles. The van der Waals surface area contributed by atoms with Crippen LogP contribution in [0.3, 0.4) is 0 Å². The summed E-state index contributed by atoms with van der Waals surface area (Å²) in [7, 11) is 2.74. The second-order valence-corrected chi connectivity index (χ2v) is 7.78. The number of unbranched alkanes of at least 4 members (excludes halogenated alkanes) is 1. The van der Waals surface area contributed by atoms with Gasteiger partial charge in [0.05, 0.1) is 0 Å². The van der Waals surface area contributed by atoms with E-state index in [1.807, 2.05) is 0 Å². The molecule has 0 spiro atoms. The van der Waals surface area contributed by atoms with Crippen LogP contribution in [0.5, 0.6) is 0 Å². The molecule has 0 aliphatic heterocycles. The summed E-state index contributed by atoms with van der Waals surface area (Å²) in [5.41, 5.74) is 0. The largest absolute Gasteiger partial charge is 0.500 e. The average molecular weight is 258 g/mol. The summed E-state index contributed by atoms with van der Waals surface area (Å²) in [4.78, 5) is 0. The number of allylic oxidation sites excluding steroid dienone is 2. The molecule has 1 aliphatic rings. The molecule has 1 rings (SSSR count). The Labute approximate surface area is 107 Å². The van der Waals surface area contributed by atoms with Gasteiger partial charge in [0.15, 0.2) is 0 Å². The maximum absolute atomic E-state index is 5.41. The van der Waals surface area contributed by atoms with Crippen molar-refractivity contribution in [3.05, 3.63) is 12.2 Å². The Kier molecular flexibility index (Phi) is 7.04. The van der Waals surface area contributed by atoms with Gasteiger partial charge in [0.2, 0.25) is 0 Å². The minimum atomic E-state index is -2.32. The lowest BCUT2D eigenvalue weighted by atomic mass is 9.90. The Morgan fingerprint density at radius 2 is 1.76 bits per heavy atom. The molecule has 1 unspecified atom stereocenters. The van der Waals surface area contributed by atoms with E-state index in [0.717, 1.165) is 18.4 Å². The molecule has 4 heteroatoms. The van der Waals surface area contributed by atoms with Gasteiger partial charge in [0, 0.05) is 27.4 Å². The Hall–Kier alpha value is -0.163. The first-order valence-corrected chi connectivity index (χ1v) is 8.50. The van der Waals surface area contributed by atoms with Gasteiger partial charge in [-0.3, -0.25) is 0 Å². The lowest BCUT2D eigenvalue weighted by Gasteiger charge is -2.24. The van der Waals surface area contributed by atoms with Crippen LogP contribution < -0.4 is 0 Å². The van der Waals surface area contributed by atoms with Crippen molar-refractivity contribution in [2.45, 2.75) is 44.6 Å². The zero-order valence-corrected chi connectivity index (χ0v) is 12.4. The molecule has 0 aromatic heterocycles. The molecule has 0 N–H and O–H groups in total. The van der Waals surface area contributed by atoms with E-state index in [2.05, 4.69) is 12.2 Å². The van der Waals surface area contributed by atoms with E-state index < -0.39 is 8.80 Å². The van der Waals surface area contributed by atoms with Gasteiger partial charge in [-0.2, -0.15) is 0 Å². The van der Waals surface area contributed by atoms with Crippen LogP contribution in [0.15, 0.2) is 12.2 Å². The summed E-state index contributed by atoms with van der Waals surface area (Å²) in [6.45, 7) is 0. The molecule has 100 valence electrons. The summed E-state index contributed by atoms with van der Waals surface area (Å²) < 4.78 is 16.2. The van der Waals surface area contributed by atoms with E-state index in [1.165, 1.54) is 32.1 Å². The van der Waals surface area contributed by atoms with E-state index in [-0.39, 0.29) is 0 Å². The molecule has 1 atom stereocenters. The van der Waals surface area contributed by atoms with E-state index in [0.29, 0.717) is 0 Å². The van der Waals surface area contributed by atoms with Gasteiger partial charge in [-0.05, 0) is 31.6 Å². The summed E-state index contributed by atoms with van der Waals surface area (Å²) in [6.07, 6.45) is 12.2. The van der Waals surface area contributed by atoms with Gasteiger partial charge in [-0.15, -0.1) is 0 Å². The fourth-order valence-corrected chi connectivity index (χ4v) is 4.24. The van der Waals surface area contributed by atoms with Crippen LogP contribution in [-0.4, -0.2) is 30.1 Å². The lowest BCUT2D eigenvalue weighted by molar-refractivity contribution is 0.122. The average Bonchev–Trinajstić information content (AvgIpc) is 2.41. The zero-order valence-electron chi connectivity index (χ0n) is 11.4. The third-order valence-corrected chi connectivity index (χ3v) is 6.49. The van der Waals surface area contributed by atoms with Crippen LogP contribution in [0.2, 0.25) is 6.04 Å². The molecule has 0 heterocycles. The number of hydrogen-bond acceptors (Lipinski definition) is 3. The van der Waals surface area contributed by atoms with E-state index in [4.69, 9.17) is 13.3 Å². The van der Waals surface area contributed by atoms with Crippen molar-refractivity contribution in [2.75, 3.05) is 21.3 Å². The third-order valence-electron chi connectivity index (χ3n) is 3.66. The summed E-state index contributed by atoms with van der Waals surface area (Å²) in [5, 5.41) is 0. The van der Waals surface area contributed by atoms with E-state index in [9.17, 15) is 0 Å². The van der Waals surface area contributed by atoms with Crippen molar-refractivity contribution < 1.29 is 13.3 Å². The molecule has 0 fully saturated rings. The fourth-order valence-electron chi connectivity index (χ4n) is 2.45. The normalized spacial score (nSPS) is 20.8. The van der Waals surface area contributed by atoms with E-state index >= 15 is 0 Å². The summed E-state index contributed by atoms with van der Waals surface area (Å²) in [5.74, 6) is 0.892. The topological polar surface area (TPSA) is 27.7 Å². The van der Waals surface area contributed by atoms with Crippen LogP contribution >= 0.6 is 0 Å². The van der Waals surface area contributed by atoms with Crippen molar-refractivity contribution in [3.63, 3.8) is 0 Å². The maximum Gasteiger partial charge on any atom is 0.500 e. The maximum atomic E-state index is 5.41. The highest BCUT2D eigenvalue weighted by atomic mass is 28.4. The molecule has 0 aromatic rings. The van der Waals surface area contributed by atoms with Crippen molar-refractivity contribution in [1.29, 1.82) is 0 Å². The van der Waals surface area contributed by atoms with Gasteiger partial charge in [-0.1, -0.05) is 25.0 Å². The highest BCUT2D eigenvalue weighted by Crippen LogP contribution is 2.25. The Balaban J connectivity index is 2.15. The molecule has 0 bridgehead atoms. The monoisotopic (exact) mass is 258 g/mol. The minimum Gasteiger partial charge on any atom is -0.377 e. The Morgan fingerprint density at radius 3 is 2.29 bits per heavy atom. The van der Waals surface area contributed by atoms with Crippen LogP contribution in [0, 0.1) is 5.92 Å². The minimum absolute atomic E-state index is 0.892. The Morgan fingerprint density at radius 1 is 1.06 bits per heavy atom. The van der Waals surface area contributed by atoms with Gasteiger partial charge in [0.1, 0.15) is 0 Å². The number of rotatable bonds is 8. The quantitative estimate of drug-likeness (QED) is 0.379. The van der Waals surface area contributed by atoms with Gasteiger partial charge in [0.25, 0.3) is 0 Å². The first-order valence-electron chi connectivity index (χ1n) is 6.57. The Bertz CT molecular complexity index is 218. The van der Waals surface area contributed by atoms with E-state index in [1.54, 1.807) is 21.3 Å². The van der Waals surface area contributed by atoms with Crippen molar-refractivity contribution in [2.24, 2.45) is 5.92 Å². The molecule has 0 radical (unpaired) electrons. The highest BCUT2D eigenvalue weighted by Gasteiger charge is 2.36. The molecule has 0 aromatic carbocycles. The smallest absolute Gasteiger partial charge is 0.377 e. The highest BCUT2D eigenvalue weighted by molar-refractivity contribution is 6.60. The molecule has 3 nitrogen and oxygen atoms in total. The van der Waals surface area contributed by atoms with Gasteiger partial charge >= 0.3 is 8.80 Å². The summed E-state index contributed by atoms with van der Waals surface area (Å²) in [6, 6.07) is 0.930. The second kappa shape index (κ2) is 8.03. The van der Waals surface area contributed by atoms with Gasteiger partial charge in [-0.25, -0.2) is 0 Å². The third kappa shape index (κ3) is 4.92. The SMILES string of the molecule is CO[Si](CCCCC1CC=CCC1)(OC)OC. The molecular formula is C13H26O3Si.